The number of benzene rings is 1. The summed E-state index contributed by atoms with van der Waals surface area (Å²) >= 11 is 6.10. The topological polar surface area (TPSA) is 52.8 Å². The van der Waals surface area contributed by atoms with Crippen LogP contribution in [0.4, 0.5) is 4.39 Å². The lowest BCUT2D eigenvalue weighted by Gasteiger charge is -2.08. The van der Waals surface area contributed by atoms with Gasteiger partial charge in [0.1, 0.15) is 23.3 Å². The predicted molar refractivity (Wildman–Crippen MR) is 76.8 cm³/mol. The summed E-state index contributed by atoms with van der Waals surface area (Å²) < 4.78 is 20.3. The van der Waals surface area contributed by atoms with Crippen LogP contribution in [-0.4, -0.2) is 19.7 Å². The number of halogens is 2. The predicted octanol–water partition coefficient (Wildman–Crippen LogP) is 3.04. The minimum Gasteiger partial charge on any atom is -0.485 e. The molecule has 2 aromatic heterocycles. The molecule has 3 rings (SSSR count). The molecule has 0 aliphatic carbocycles. The van der Waals surface area contributed by atoms with Crippen molar-refractivity contribution in [3.05, 3.63) is 46.8 Å². The molecule has 0 saturated carbocycles. The maximum Gasteiger partial charge on any atom is 0.170 e. The van der Waals surface area contributed by atoms with E-state index in [0.29, 0.717) is 33.3 Å². The molecule has 0 aliphatic rings. The van der Waals surface area contributed by atoms with Gasteiger partial charge >= 0.3 is 0 Å². The summed E-state index contributed by atoms with van der Waals surface area (Å²) in [6.45, 7) is 1.92. The van der Waals surface area contributed by atoms with Gasteiger partial charge in [0, 0.05) is 7.05 Å². The highest BCUT2D eigenvalue weighted by molar-refractivity contribution is 6.33. The smallest absolute Gasteiger partial charge is 0.170 e. The molecule has 0 saturated heterocycles. The van der Waals surface area contributed by atoms with Gasteiger partial charge in [0.25, 0.3) is 0 Å². The van der Waals surface area contributed by atoms with Crippen molar-refractivity contribution in [3.8, 4) is 5.75 Å². The van der Waals surface area contributed by atoms with Crippen molar-refractivity contribution in [2.75, 3.05) is 0 Å². The third kappa shape index (κ3) is 2.67. The summed E-state index contributed by atoms with van der Waals surface area (Å²) in [6.07, 6.45) is 1.62. The first-order valence-electron chi connectivity index (χ1n) is 6.27. The highest BCUT2D eigenvalue weighted by Crippen LogP contribution is 2.22. The molecular formula is C14H12ClFN4O. The van der Waals surface area contributed by atoms with Crippen LogP contribution >= 0.6 is 11.6 Å². The molecule has 0 N–H and O–H groups in total. The number of nitrogens with zero attached hydrogens (tertiary/aromatic N) is 4. The summed E-state index contributed by atoms with van der Waals surface area (Å²) in [7, 11) is 1.78. The summed E-state index contributed by atoms with van der Waals surface area (Å²) in [4.78, 5) is 8.54. The van der Waals surface area contributed by atoms with Gasteiger partial charge in [-0.05, 0) is 30.7 Å². The van der Waals surface area contributed by atoms with Crippen LogP contribution in [0.25, 0.3) is 11.0 Å². The van der Waals surface area contributed by atoms with Crippen LogP contribution in [0, 0.1) is 12.7 Å². The maximum atomic E-state index is 13.0. The molecule has 3 aromatic rings. The first kappa shape index (κ1) is 13.8. The second-order valence-electron chi connectivity index (χ2n) is 4.63. The minimum absolute atomic E-state index is 0.146. The van der Waals surface area contributed by atoms with E-state index in [9.17, 15) is 4.39 Å². The fourth-order valence-corrected chi connectivity index (χ4v) is 2.24. The van der Waals surface area contributed by atoms with E-state index in [1.165, 1.54) is 12.1 Å². The molecule has 21 heavy (non-hydrogen) atoms. The monoisotopic (exact) mass is 306 g/mol. The van der Waals surface area contributed by atoms with E-state index < -0.39 is 0 Å². The molecule has 1 aromatic carbocycles. The molecule has 0 bridgehead atoms. The number of aromatic nitrogens is 4. The van der Waals surface area contributed by atoms with Crippen LogP contribution in [0.2, 0.25) is 5.15 Å². The Kier molecular flexibility index (Phi) is 3.47. The van der Waals surface area contributed by atoms with Crippen LogP contribution in [0.1, 0.15) is 11.4 Å². The Labute approximate surface area is 125 Å². The van der Waals surface area contributed by atoms with Crippen molar-refractivity contribution in [3.63, 3.8) is 0 Å². The second-order valence-corrected chi connectivity index (χ2v) is 4.99. The lowest BCUT2D eigenvalue weighted by Crippen LogP contribution is -2.04. The van der Waals surface area contributed by atoms with Gasteiger partial charge in [-0.3, -0.25) is 4.68 Å². The van der Waals surface area contributed by atoms with E-state index in [2.05, 4.69) is 15.1 Å². The van der Waals surface area contributed by atoms with Gasteiger partial charge in [-0.2, -0.15) is 5.10 Å². The number of hydrogen-bond donors (Lipinski definition) is 0. The molecule has 0 amide bonds. The third-order valence-corrected chi connectivity index (χ3v) is 3.37. The van der Waals surface area contributed by atoms with E-state index in [1.807, 2.05) is 0 Å². The Morgan fingerprint density at radius 3 is 2.90 bits per heavy atom. The third-order valence-electron chi connectivity index (χ3n) is 3.09. The largest absolute Gasteiger partial charge is 0.485 e. The minimum atomic E-state index is -0.296. The van der Waals surface area contributed by atoms with E-state index in [-0.39, 0.29) is 12.4 Å². The quantitative estimate of drug-likeness (QED) is 0.698. The molecule has 108 valence electrons. The lowest BCUT2D eigenvalue weighted by molar-refractivity contribution is 0.293. The zero-order valence-corrected chi connectivity index (χ0v) is 12.2. The van der Waals surface area contributed by atoms with Crippen LogP contribution in [0.3, 0.4) is 0 Å². The summed E-state index contributed by atoms with van der Waals surface area (Å²) in [5.74, 6) is 0.733. The standard InChI is InChI=1S/C14H12ClFN4O/c1-8-5-9(16)3-4-11(8)21-7-12-18-13(15)10-6-17-20(2)14(10)19-12/h3-6H,7H2,1-2H3. The van der Waals surface area contributed by atoms with E-state index >= 15 is 0 Å². The van der Waals surface area contributed by atoms with Crippen LogP contribution < -0.4 is 4.74 Å². The maximum absolute atomic E-state index is 13.0. The normalized spacial score (nSPS) is 11.0. The van der Waals surface area contributed by atoms with Gasteiger partial charge in [-0.1, -0.05) is 11.6 Å². The average molecular weight is 307 g/mol. The van der Waals surface area contributed by atoms with Crippen molar-refractivity contribution < 1.29 is 9.13 Å². The Morgan fingerprint density at radius 1 is 1.33 bits per heavy atom. The fraction of sp³-hybridized carbons (Fsp3) is 0.214. The number of ether oxygens (including phenoxy) is 1. The van der Waals surface area contributed by atoms with Crippen LogP contribution in [0.15, 0.2) is 24.4 Å². The zero-order chi connectivity index (χ0) is 15.0. The summed E-state index contributed by atoms with van der Waals surface area (Å²) in [5.41, 5.74) is 1.35. The molecule has 0 aliphatic heterocycles. The van der Waals surface area contributed by atoms with Gasteiger partial charge in [-0.15, -0.1) is 0 Å². The molecular weight excluding hydrogens is 295 g/mol. The SMILES string of the molecule is Cc1cc(F)ccc1OCc1nc(Cl)c2cnn(C)c2n1. The van der Waals surface area contributed by atoms with Gasteiger partial charge in [0.15, 0.2) is 11.5 Å². The molecule has 0 radical (unpaired) electrons. The Morgan fingerprint density at radius 2 is 2.14 bits per heavy atom. The molecule has 2 heterocycles. The summed E-state index contributed by atoms with van der Waals surface area (Å²) in [6, 6.07) is 4.34. The van der Waals surface area contributed by atoms with Crippen molar-refractivity contribution >= 4 is 22.6 Å². The highest BCUT2D eigenvalue weighted by Gasteiger charge is 2.11. The fourth-order valence-electron chi connectivity index (χ4n) is 2.01. The lowest BCUT2D eigenvalue weighted by atomic mass is 10.2. The highest BCUT2D eigenvalue weighted by atomic mass is 35.5. The first-order valence-corrected chi connectivity index (χ1v) is 6.65. The molecule has 0 unspecified atom stereocenters. The van der Waals surface area contributed by atoms with Crippen molar-refractivity contribution in [1.29, 1.82) is 0 Å². The van der Waals surface area contributed by atoms with Crippen molar-refractivity contribution in [1.82, 2.24) is 19.7 Å². The summed E-state index contributed by atoms with van der Waals surface area (Å²) in [5, 5.41) is 5.12. The van der Waals surface area contributed by atoms with Crippen molar-refractivity contribution in [2.45, 2.75) is 13.5 Å². The first-order chi connectivity index (χ1) is 10.0. The number of fused-ring (bicyclic) bond motifs is 1. The van der Waals surface area contributed by atoms with E-state index in [1.54, 1.807) is 30.9 Å². The number of rotatable bonds is 3. The second kappa shape index (κ2) is 5.29. The number of hydrogen-bond acceptors (Lipinski definition) is 4. The van der Waals surface area contributed by atoms with E-state index in [4.69, 9.17) is 16.3 Å². The number of aryl methyl sites for hydroxylation is 2. The van der Waals surface area contributed by atoms with Crippen LogP contribution in [-0.2, 0) is 13.7 Å². The van der Waals surface area contributed by atoms with Crippen LogP contribution in [0.5, 0.6) is 5.75 Å². The van der Waals surface area contributed by atoms with Gasteiger partial charge in [0.2, 0.25) is 0 Å². The molecule has 0 atom stereocenters. The van der Waals surface area contributed by atoms with Gasteiger partial charge in [0.05, 0.1) is 11.6 Å². The Balaban J connectivity index is 1.86. The Bertz CT molecular complexity index is 818. The van der Waals surface area contributed by atoms with Gasteiger partial charge < -0.3 is 4.74 Å². The zero-order valence-electron chi connectivity index (χ0n) is 11.5. The average Bonchev–Trinajstić information content (AvgIpc) is 2.80. The molecule has 5 nitrogen and oxygen atoms in total. The Hall–Kier alpha value is -2.21. The van der Waals surface area contributed by atoms with E-state index in [0.717, 1.165) is 0 Å². The molecule has 7 heteroatoms. The van der Waals surface area contributed by atoms with Crippen molar-refractivity contribution in [2.24, 2.45) is 7.05 Å². The molecule has 0 spiro atoms. The van der Waals surface area contributed by atoms with Gasteiger partial charge in [-0.25, -0.2) is 14.4 Å². The molecule has 0 fully saturated rings.